The van der Waals surface area contributed by atoms with E-state index in [1.165, 1.54) is 0 Å². The molecule has 62 valence electrons. The smallest absolute Gasteiger partial charge is 0.237 e. The summed E-state index contributed by atoms with van der Waals surface area (Å²) in [6.45, 7) is 5.81. The van der Waals surface area contributed by atoms with E-state index in [4.69, 9.17) is 5.73 Å². The van der Waals surface area contributed by atoms with Crippen molar-refractivity contribution in [3.63, 3.8) is 0 Å². The fourth-order valence-electron chi connectivity index (χ4n) is 0.549. The molecule has 0 aromatic carbocycles. The molecule has 0 bridgehead atoms. The zero-order chi connectivity index (χ0) is 8.36. The summed E-state index contributed by atoms with van der Waals surface area (Å²) >= 11 is 0. The molecule has 0 rings (SSSR count). The third-order valence-electron chi connectivity index (χ3n) is 1.46. The van der Waals surface area contributed by atoms with Crippen LogP contribution in [-0.4, -0.2) is 19.0 Å². The molecule has 1 amide bonds. The Labute approximate surface area is 63.5 Å². The molecule has 3 heteroatoms. The Morgan fingerprint density at radius 3 is 2.10 bits per heavy atom. The average molecular weight is 146 g/mol. The number of hydrogen-bond acceptors (Lipinski definition) is 2. The van der Waals surface area contributed by atoms with Crippen LogP contribution in [0.1, 0.15) is 22.2 Å². The molecular weight excluding hydrogens is 128 g/mol. The Bertz CT molecular complexity index is 131. The van der Waals surface area contributed by atoms with Crippen LogP contribution >= 0.6 is 0 Å². The highest BCUT2D eigenvalue weighted by atomic mass is 16.2. The minimum atomic E-state index is -0.419. The van der Waals surface area contributed by atoms with Crippen molar-refractivity contribution in [1.29, 1.82) is 0 Å². The molecule has 0 aromatic heterocycles. The molecule has 0 aliphatic carbocycles. The van der Waals surface area contributed by atoms with Crippen LogP contribution in [0.4, 0.5) is 0 Å². The summed E-state index contributed by atoms with van der Waals surface area (Å²) in [7, 11) is 1.59. The number of carbonyl (C=O) groups is 1. The van der Waals surface area contributed by atoms with Gasteiger partial charge in [-0.2, -0.15) is 0 Å². The molecule has 3 nitrogen and oxygen atoms in total. The molecule has 0 unspecified atom stereocenters. The highest BCUT2D eigenvalue weighted by molar-refractivity contribution is 5.81. The van der Waals surface area contributed by atoms with E-state index >= 15 is 0 Å². The van der Waals surface area contributed by atoms with Crippen LogP contribution in [0.5, 0.6) is 0 Å². The Morgan fingerprint density at radius 1 is 1.60 bits per heavy atom. The van der Waals surface area contributed by atoms with E-state index < -0.39 is 6.04 Å². The molecule has 0 spiro atoms. The normalized spacial score (nSPS) is 14.5. The Balaban J connectivity index is 0. The van der Waals surface area contributed by atoms with Gasteiger partial charge in [0, 0.05) is 8.47 Å². The van der Waals surface area contributed by atoms with E-state index in [0.29, 0.717) is 0 Å². The van der Waals surface area contributed by atoms with Gasteiger partial charge in [0.2, 0.25) is 5.91 Å². The number of nitrogens with two attached hydrogens (primary N) is 1. The second-order valence-corrected chi connectivity index (χ2v) is 3.46. The topological polar surface area (TPSA) is 55.1 Å². The third-order valence-corrected chi connectivity index (χ3v) is 1.46. The summed E-state index contributed by atoms with van der Waals surface area (Å²) < 4.78 is 0. The van der Waals surface area contributed by atoms with Crippen LogP contribution in [0.2, 0.25) is 0 Å². The molecule has 0 saturated heterocycles. The van der Waals surface area contributed by atoms with Crippen LogP contribution in [0.25, 0.3) is 0 Å². The summed E-state index contributed by atoms with van der Waals surface area (Å²) in [4.78, 5) is 10.9. The second-order valence-electron chi connectivity index (χ2n) is 3.46. The lowest BCUT2D eigenvalue weighted by Gasteiger charge is -2.24. The van der Waals surface area contributed by atoms with Crippen molar-refractivity contribution in [3.8, 4) is 0 Å². The standard InChI is InChI=1S/C7H16N2O.H2/c1-7(2,3)5(8)6(10)9-4;/h5H,8H2,1-4H3,(H,9,10);1H/t5-;/m1./s1. The van der Waals surface area contributed by atoms with Gasteiger partial charge in [0.05, 0.1) is 6.04 Å². The first kappa shape index (κ1) is 9.43. The first-order valence-electron chi connectivity index (χ1n) is 3.36. The summed E-state index contributed by atoms with van der Waals surface area (Å²) in [6, 6.07) is -0.419. The number of rotatable bonds is 1. The molecule has 0 fully saturated rings. The lowest BCUT2D eigenvalue weighted by atomic mass is 9.87. The maximum atomic E-state index is 10.9. The van der Waals surface area contributed by atoms with Gasteiger partial charge >= 0.3 is 0 Å². The van der Waals surface area contributed by atoms with E-state index in [-0.39, 0.29) is 12.7 Å². The SMILES string of the molecule is CNC(=O)[C@@H](N)C(C)(C)C.[HH]. The quantitative estimate of drug-likeness (QED) is 0.561. The third kappa shape index (κ3) is 2.35. The van der Waals surface area contributed by atoms with Crippen LogP contribution in [0.3, 0.4) is 0 Å². The number of nitrogens with one attached hydrogen (secondary N) is 1. The molecule has 0 radical (unpaired) electrons. The van der Waals surface area contributed by atoms with Gasteiger partial charge in [0.15, 0.2) is 0 Å². The largest absolute Gasteiger partial charge is 0.358 e. The molecule has 0 heterocycles. The summed E-state index contributed by atoms with van der Waals surface area (Å²) in [5.74, 6) is -0.104. The van der Waals surface area contributed by atoms with Crippen LogP contribution in [-0.2, 0) is 4.79 Å². The van der Waals surface area contributed by atoms with Gasteiger partial charge < -0.3 is 11.1 Å². The summed E-state index contributed by atoms with van der Waals surface area (Å²) in [6.07, 6.45) is 0. The highest BCUT2D eigenvalue weighted by Gasteiger charge is 2.26. The van der Waals surface area contributed by atoms with Crippen molar-refractivity contribution in [2.75, 3.05) is 7.05 Å². The first-order valence-corrected chi connectivity index (χ1v) is 3.36. The van der Waals surface area contributed by atoms with E-state index in [0.717, 1.165) is 0 Å². The predicted octanol–water partition coefficient (Wildman–Crippen LogP) is 0.352. The fourth-order valence-corrected chi connectivity index (χ4v) is 0.549. The average Bonchev–Trinajstić information content (AvgIpc) is 1.83. The molecule has 1 atom stereocenters. The Kier molecular flexibility index (Phi) is 2.84. The highest BCUT2D eigenvalue weighted by Crippen LogP contribution is 2.16. The molecule has 3 N–H and O–H groups in total. The van der Waals surface area contributed by atoms with Gasteiger partial charge in [0.25, 0.3) is 0 Å². The van der Waals surface area contributed by atoms with Crippen molar-refractivity contribution in [2.24, 2.45) is 11.1 Å². The van der Waals surface area contributed by atoms with E-state index in [9.17, 15) is 4.79 Å². The number of carbonyl (C=O) groups excluding carboxylic acids is 1. The molecule has 0 saturated carbocycles. The van der Waals surface area contributed by atoms with Crippen LogP contribution in [0, 0.1) is 5.41 Å². The van der Waals surface area contributed by atoms with Crippen molar-refractivity contribution in [1.82, 2.24) is 5.32 Å². The summed E-state index contributed by atoms with van der Waals surface area (Å²) in [5.41, 5.74) is 5.44. The van der Waals surface area contributed by atoms with E-state index in [1.54, 1.807) is 7.05 Å². The van der Waals surface area contributed by atoms with Gasteiger partial charge in [-0.25, -0.2) is 0 Å². The fraction of sp³-hybridized carbons (Fsp3) is 0.857. The van der Waals surface area contributed by atoms with Gasteiger partial charge in [-0.1, -0.05) is 20.8 Å². The lowest BCUT2D eigenvalue weighted by Crippen LogP contribution is -2.47. The molecule has 0 aliphatic rings. The molecular formula is C7H18N2O. The maximum Gasteiger partial charge on any atom is 0.237 e. The zero-order valence-corrected chi connectivity index (χ0v) is 7.06. The van der Waals surface area contributed by atoms with Gasteiger partial charge in [-0.15, -0.1) is 0 Å². The summed E-state index contributed by atoms with van der Waals surface area (Å²) in [5, 5.41) is 2.51. The predicted molar refractivity (Wildman–Crippen MR) is 43.6 cm³/mol. The molecule has 0 aromatic rings. The van der Waals surface area contributed by atoms with E-state index in [1.807, 2.05) is 20.8 Å². The minimum absolute atomic E-state index is 0. The maximum absolute atomic E-state index is 10.9. The number of amides is 1. The van der Waals surface area contributed by atoms with Crippen molar-refractivity contribution in [3.05, 3.63) is 0 Å². The zero-order valence-electron chi connectivity index (χ0n) is 7.06. The minimum Gasteiger partial charge on any atom is -0.358 e. The number of likely N-dealkylation sites (N-methyl/N-ethyl adjacent to an activating group) is 1. The lowest BCUT2D eigenvalue weighted by molar-refractivity contribution is -0.123. The Hall–Kier alpha value is -0.570. The Morgan fingerprint density at radius 2 is 2.00 bits per heavy atom. The van der Waals surface area contributed by atoms with Gasteiger partial charge in [0.1, 0.15) is 0 Å². The van der Waals surface area contributed by atoms with Crippen molar-refractivity contribution >= 4 is 5.91 Å². The number of hydrogen-bond donors (Lipinski definition) is 2. The van der Waals surface area contributed by atoms with E-state index in [2.05, 4.69) is 5.32 Å². The molecule has 10 heavy (non-hydrogen) atoms. The van der Waals surface area contributed by atoms with Crippen LogP contribution in [0.15, 0.2) is 0 Å². The van der Waals surface area contributed by atoms with Crippen molar-refractivity contribution < 1.29 is 6.22 Å². The first-order chi connectivity index (χ1) is 4.39. The van der Waals surface area contributed by atoms with Gasteiger partial charge in [-0.05, 0) is 5.41 Å². The monoisotopic (exact) mass is 146 g/mol. The second kappa shape index (κ2) is 3.01. The van der Waals surface area contributed by atoms with Crippen molar-refractivity contribution in [2.45, 2.75) is 26.8 Å². The van der Waals surface area contributed by atoms with Crippen LogP contribution < -0.4 is 11.1 Å². The van der Waals surface area contributed by atoms with Gasteiger partial charge in [-0.3, -0.25) is 4.79 Å². The molecule has 0 aliphatic heterocycles.